The van der Waals surface area contributed by atoms with Gasteiger partial charge in [0.2, 0.25) is 5.89 Å². The van der Waals surface area contributed by atoms with E-state index in [2.05, 4.69) is 19.9 Å². The van der Waals surface area contributed by atoms with Crippen LogP contribution in [-0.2, 0) is 0 Å². The normalized spacial score (nSPS) is 12.6. The second kappa shape index (κ2) is 4.50. The van der Waals surface area contributed by atoms with Crippen molar-refractivity contribution in [2.45, 2.75) is 13.0 Å². The number of aliphatic hydroxyl groups excluding tert-OH is 1. The lowest BCUT2D eigenvalue weighted by Crippen LogP contribution is -2.12. The lowest BCUT2D eigenvalue weighted by atomic mass is 10.3. The quantitative estimate of drug-likeness (QED) is 0.739. The Balaban J connectivity index is 1.96. The number of nitrogens with one attached hydrogen (secondary N) is 2. The lowest BCUT2D eigenvalue weighted by Gasteiger charge is -2.08. The predicted octanol–water partition coefficient (Wildman–Crippen LogP) is 0.878. The van der Waals surface area contributed by atoms with Gasteiger partial charge in [0.25, 0.3) is 0 Å². The summed E-state index contributed by atoms with van der Waals surface area (Å²) in [5, 5.41) is 20.3. The van der Waals surface area contributed by atoms with E-state index in [0.717, 1.165) is 10.6 Å². The highest BCUT2D eigenvalue weighted by Crippen LogP contribution is 2.21. The molecular formula is C9H11N3O3S. The fraction of sp³-hybridized carbons (Fsp3) is 0.333. The summed E-state index contributed by atoms with van der Waals surface area (Å²) in [6.45, 7) is 2.22. The van der Waals surface area contributed by atoms with Crippen LogP contribution in [0, 0.1) is 6.92 Å². The van der Waals surface area contributed by atoms with E-state index in [1.165, 1.54) is 0 Å². The number of hydrogen-bond acceptors (Lipinski definition) is 6. The van der Waals surface area contributed by atoms with Gasteiger partial charge in [-0.05, 0) is 18.4 Å². The van der Waals surface area contributed by atoms with E-state index in [4.69, 9.17) is 0 Å². The number of aromatic nitrogens is 2. The van der Waals surface area contributed by atoms with Crippen LogP contribution >= 0.6 is 11.3 Å². The van der Waals surface area contributed by atoms with Gasteiger partial charge in [0, 0.05) is 17.1 Å². The molecule has 2 aromatic rings. The molecule has 3 N–H and O–H groups in total. The molecule has 0 aliphatic rings. The summed E-state index contributed by atoms with van der Waals surface area (Å²) in [5.41, 5.74) is 0.960. The molecule has 0 saturated carbocycles. The number of nitrogens with zero attached hydrogens (tertiary/aromatic N) is 1. The van der Waals surface area contributed by atoms with Crippen LogP contribution in [0.4, 0.5) is 5.69 Å². The molecule has 86 valence electrons. The van der Waals surface area contributed by atoms with E-state index >= 15 is 0 Å². The summed E-state index contributed by atoms with van der Waals surface area (Å²) in [4.78, 5) is 11.8. The van der Waals surface area contributed by atoms with Crippen molar-refractivity contribution in [3.8, 4) is 0 Å². The maximum absolute atomic E-state index is 10.7. The van der Waals surface area contributed by atoms with Crippen molar-refractivity contribution in [3.05, 3.63) is 32.8 Å². The van der Waals surface area contributed by atoms with Crippen molar-refractivity contribution in [2.75, 3.05) is 11.9 Å². The molecular weight excluding hydrogens is 230 g/mol. The van der Waals surface area contributed by atoms with Gasteiger partial charge in [-0.15, -0.1) is 16.4 Å². The molecule has 7 heteroatoms. The zero-order chi connectivity index (χ0) is 11.5. The molecule has 1 unspecified atom stereocenters. The zero-order valence-corrected chi connectivity index (χ0v) is 9.37. The first kappa shape index (κ1) is 10.9. The summed E-state index contributed by atoms with van der Waals surface area (Å²) in [5.74, 6) is -0.675. The third-order valence-electron chi connectivity index (χ3n) is 2.08. The van der Waals surface area contributed by atoms with Crippen LogP contribution in [0.5, 0.6) is 0 Å². The molecule has 0 radical (unpaired) electrons. The molecule has 2 heterocycles. The summed E-state index contributed by atoms with van der Waals surface area (Å²) < 4.78 is 4.64. The smallest absolute Gasteiger partial charge is 0.390 e. The second-order valence-corrected chi connectivity index (χ2v) is 4.36. The van der Waals surface area contributed by atoms with Gasteiger partial charge in [-0.1, -0.05) is 0 Å². The van der Waals surface area contributed by atoms with Crippen molar-refractivity contribution >= 4 is 17.0 Å². The fourth-order valence-corrected chi connectivity index (χ4v) is 1.92. The molecule has 0 saturated heterocycles. The highest BCUT2D eigenvalue weighted by atomic mass is 32.1. The maximum Gasteiger partial charge on any atom is 0.434 e. The number of hydrogen-bond donors (Lipinski definition) is 3. The summed E-state index contributed by atoms with van der Waals surface area (Å²) in [7, 11) is 0. The molecule has 6 nitrogen and oxygen atoms in total. The standard InChI is InChI=1S/C9H11N3O3S/c1-5-6(2-3-16-5)10-4-7(13)8-11-12-9(14)15-8/h2-3,7,10,13H,4H2,1H3,(H,12,14). The topological polar surface area (TPSA) is 91.1 Å². The van der Waals surface area contributed by atoms with Gasteiger partial charge in [0.1, 0.15) is 6.10 Å². The predicted molar refractivity (Wildman–Crippen MR) is 59.6 cm³/mol. The minimum absolute atomic E-state index is 0.00890. The molecule has 0 spiro atoms. The Morgan fingerprint density at radius 2 is 2.56 bits per heavy atom. The first-order chi connectivity index (χ1) is 7.66. The first-order valence-electron chi connectivity index (χ1n) is 4.68. The number of aliphatic hydroxyl groups is 1. The monoisotopic (exact) mass is 241 g/mol. The van der Waals surface area contributed by atoms with Gasteiger partial charge in [0.15, 0.2) is 0 Å². The van der Waals surface area contributed by atoms with Gasteiger partial charge in [-0.25, -0.2) is 9.89 Å². The van der Waals surface area contributed by atoms with Crippen molar-refractivity contribution in [1.82, 2.24) is 10.2 Å². The van der Waals surface area contributed by atoms with E-state index in [-0.39, 0.29) is 12.4 Å². The Hall–Kier alpha value is -1.60. The number of aryl methyl sites for hydroxylation is 1. The molecule has 0 aliphatic carbocycles. The molecule has 1 atom stereocenters. The van der Waals surface area contributed by atoms with E-state index in [9.17, 15) is 9.90 Å². The van der Waals surface area contributed by atoms with Gasteiger partial charge in [0.05, 0.1) is 0 Å². The molecule has 0 amide bonds. The molecule has 0 bridgehead atoms. The van der Waals surface area contributed by atoms with Crippen LogP contribution < -0.4 is 11.1 Å². The number of H-pyrrole nitrogens is 1. The Labute approximate surface area is 94.9 Å². The van der Waals surface area contributed by atoms with Crippen molar-refractivity contribution in [3.63, 3.8) is 0 Å². The average molecular weight is 241 g/mol. The van der Waals surface area contributed by atoms with Crippen LogP contribution in [0.2, 0.25) is 0 Å². The van der Waals surface area contributed by atoms with E-state index in [1.54, 1.807) is 11.3 Å². The average Bonchev–Trinajstić information content (AvgIpc) is 2.84. The number of rotatable bonds is 4. The maximum atomic E-state index is 10.7. The molecule has 0 aromatic carbocycles. The second-order valence-electron chi connectivity index (χ2n) is 3.24. The number of aromatic amines is 1. The largest absolute Gasteiger partial charge is 0.434 e. The third-order valence-corrected chi connectivity index (χ3v) is 2.93. The number of thiophene rings is 1. The summed E-state index contributed by atoms with van der Waals surface area (Å²) >= 11 is 1.62. The van der Waals surface area contributed by atoms with Crippen LogP contribution in [0.1, 0.15) is 16.9 Å². The minimum Gasteiger partial charge on any atom is -0.390 e. The van der Waals surface area contributed by atoms with Gasteiger partial charge in [-0.2, -0.15) is 0 Å². The molecule has 2 rings (SSSR count). The molecule has 0 aliphatic heterocycles. The fourth-order valence-electron chi connectivity index (χ4n) is 1.25. The molecule has 2 aromatic heterocycles. The molecule has 16 heavy (non-hydrogen) atoms. The van der Waals surface area contributed by atoms with Gasteiger partial charge < -0.3 is 14.8 Å². The third kappa shape index (κ3) is 2.31. The van der Waals surface area contributed by atoms with Crippen molar-refractivity contribution < 1.29 is 9.52 Å². The Kier molecular flexibility index (Phi) is 3.07. The van der Waals surface area contributed by atoms with Crippen LogP contribution in [-0.4, -0.2) is 21.8 Å². The highest BCUT2D eigenvalue weighted by Gasteiger charge is 2.14. The van der Waals surface area contributed by atoms with Crippen molar-refractivity contribution in [2.24, 2.45) is 0 Å². The lowest BCUT2D eigenvalue weighted by molar-refractivity contribution is 0.154. The Morgan fingerprint density at radius 1 is 1.75 bits per heavy atom. The summed E-state index contributed by atoms with van der Waals surface area (Å²) in [6.07, 6.45) is -0.946. The minimum atomic E-state index is -0.946. The first-order valence-corrected chi connectivity index (χ1v) is 5.56. The van der Waals surface area contributed by atoms with E-state index in [1.807, 2.05) is 18.4 Å². The Morgan fingerprint density at radius 3 is 3.12 bits per heavy atom. The highest BCUT2D eigenvalue weighted by molar-refractivity contribution is 7.10. The van der Waals surface area contributed by atoms with Crippen molar-refractivity contribution in [1.29, 1.82) is 0 Å². The Bertz CT molecular complexity index is 516. The van der Waals surface area contributed by atoms with Crippen LogP contribution in [0.25, 0.3) is 0 Å². The van der Waals surface area contributed by atoms with Crippen LogP contribution in [0.15, 0.2) is 20.7 Å². The van der Waals surface area contributed by atoms with Gasteiger partial charge in [-0.3, -0.25) is 0 Å². The summed E-state index contributed by atoms with van der Waals surface area (Å²) in [6, 6.07) is 1.92. The van der Waals surface area contributed by atoms with E-state index in [0.29, 0.717) is 0 Å². The van der Waals surface area contributed by atoms with E-state index < -0.39 is 11.9 Å². The zero-order valence-electron chi connectivity index (χ0n) is 8.56. The number of anilines is 1. The van der Waals surface area contributed by atoms with Gasteiger partial charge >= 0.3 is 5.76 Å². The molecule has 0 fully saturated rings. The SMILES string of the molecule is Cc1sccc1NCC(O)c1n[nH]c(=O)o1. The van der Waals surface area contributed by atoms with Crippen LogP contribution in [0.3, 0.4) is 0 Å².